The van der Waals surface area contributed by atoms with Crippen molar-refractivity contribution in [2.75, 3.05) is 41.9 Å². The molecule has 1 saturated heterocycles. The van der Waals surface area contributed by atoms with Crippen molar-refractivity contribution in [1.29, 1.82) is 0 Å². The smallest absolute Gasteiger partial charge is 0.264 e. The fourth-order valence-electron chi connectivity index (χ4n) is 5.15. The van der Waals surface area contributed by atoms with E-state index in [4.69, 9.17) is 4.42 Å². The monoisotopic (exact) mass is 517 g/mol. The number of furan rings is 1. The van der Waals surface area contributed by atoms with Crippen LogP contribution in [0, 0.1) is 6.92 Å². The molecule has 2 heterocycles. The van der Waals surface area contributed by atoms with Crippen molar-refractivity contribution in [3.8, 4) is 0 Å². The van der Waals surface area contributed by atoms with Crippen molar-refractivity contribution >= 4 is 32.4 Å². The van der Waals surface area contributed by atoms with Crippen LogP contribution >= 0.6 is 0 Å². The minimum atomic E-state index is -3.85. The Kier molecular flexibility index (Phi) is 7.53. The van der Waals surface area contributed by atoms with E-state index in [0.29, 0.717) is 13.0 Å². The zero-order valence-corrected chi connectivity index (χ0v) is 22.4. The summed E-state index contributed by atoms with van der Waals surface area (Å²) in [6.45, 7) is 7.96. The van der Waals surface area contributed by atoms with Crippen molar-refractivity contribution < 1.29 is 12.8 Å². The molecular formula is C30H35N3O3S. The van der Waals surface area contributed by atoms with Crippen LogP contribution in [-0.4, -0.2) is 41.1 Å². The topological polar surface area (TPSA) is 65.8 Å². The van der Waals surface area contributed by atoms with Gasteiger partial charge in [-0.1, -0.05) is 49.4 Å². The number of hydrogen-bond donors (Lipinski definition) is 1. The van der Waals surface area contributed by atoms with Gasteiger partial charge in [-0.3, -0.25) is 4.31 Å². The Hall–Kier alpha value is -3.29. The van der Waals surface area contributed by atoms with E-state index in [1.165, 1.54) is 0 Å². The van der Waals surface area contributed by atoms with E-state index in [1.807, 2.05) is 68.4 Å². The maximum atomic E-state index is 14.4. The van der Waals surface area contributed by atoms with Crippen LogP contribution in [0.4, 0.5) is 11.4 Å². The molecule has 5 rings (SSSR count). The summed E-state index contributed by atoms with van der Waals surface area (Å²) in [6, 6.07) is 23.2. The van der Waals surface area contributed by atoms with Crippen LogP contribution < -0.4 is 14.5 Å². The van der Waals surface area contributed by atoms with Gasteiger partial charge in [0, 0.05) is 38.0 Å². The van der Waals surface area contributed by atoms with Gasteiger partial charge in [-0.2, -0.15) is 0 Å². The molecule has 0 radical (unpaired) electrons. The summed E-state index contributed by atoms with van der Waals surface area (Å²) in [5, 5.41) is 4.30. The summed E-state index contributed by atoms with van der Waals surface area (Å²) in [4.78, 5) is 2.59. The van der Waals surface area contributed by atoms with Gasteiger partial charge < -0.3 is 14.6 Å². The number of sulfonamides is 1. The van der Waals surface area contributed by atoms with Crippen molar-refractivity contribution in [3.63, 3.8) is 0 Å². The first-order valence-electron chi connectivity index (χ1n) is 13.1. The quantitative estimate of drug-likeness (QED) is 0.332. The van der Waals surface area contributed by atoms with Crippen molar-refractivity contribution in [3.05, 3.63) is 89.7 Å². The highest BCUT2D eigenvalue weighted by Gasteiger charge is 2.29. The van der Waals surface area contributed by atoms with Crippen LogP contribution in [0.5, 0.6) is 0 Å². The number of rotatable bonds is 8. The Morgan fingerprint density at radius 1 is 0.973 bits per heavy atom. The molecular weight excluding hydrogens is 482 g/mol. The summed E-state index contributed by atoms with van der Waals surface area (Å²) in [6.07, 6.45) is 2.40. The molecule has 0 unspecified atom stereocenters. The standard InChI is InChI=1S/C30H35N3O3S/c1-3-29-23(2)26-22-25(14-15-30(26)36-29)37(34,35)33(20-16-24-10-5-4-6-11-24)28-13-8-7-12-27(28)32-19-9-17-31-18-21-32/h4-8,10-15,22,31H,3,9,16-21H2,1-2H3. The molecule has 3 aromatic carbocycles. The van der Waals surface area contributed by atoms with Crippen LogP contribution in [-0.2, 0) is 22.9 Å². The number of benzene rings is 3. The van der Waals surface area contributed by atoms with E-state index >= 15 is 0 Å². The molecule has 6 nitrogen and oxygen atoms in total. The zero-order chi connectivity index (χ0) is 25.8. The molecule has 1 aliphatic heterocycles. The number of para-hydroxylation sites is 2. The Morgan fingerprint density at radius 2 is 1.76 bits per heavy atom. The van der Waals surface area contributed by atoms with Crippen molar-refractivity contribution in [2.24, 2.45) is 0 Å². The summed E-state index contributed by atoms with van der Waals surface area (Å²) >= 11 is 0. The second-order valence-corrected chi connectivity index (χ2v) is 11.4. The maximum Gasteiger partial charge on any atom is 0.264 e. The lowest BCUT2D eigenvalue weighted by molar-refractivity contribution is 0.553. The number of nitrogens with one attached hydrogen (secondary N) is 1. The van der Waals surface area contributed by atoms with Crippen molar-refractivity contribution in [2.45, 2.75) is 38.0 Å². The SMILES string of the molecule is CCc1oc2ccc(S(=O)(=O)N(CCc3ccccc3)c3ccccc3N3CCCNCC3)cc2c1C. The van der Waals surface area contributed by atoms with E-state index < -0.39 is 10.0 Å². The molecule has 0 spiro atoms. The molecule has 0 aliphatic carbocycles. The van der Waals surface area contributed by atoms with Gasteiger partial charge in [-0.15, -0.1) is 0 Å². The lowest BCUT2D eigenvalue weighted by atomic mass is 10.1. The predicted octanol–water partition coefficient (Wildman–Crippen LogP) is 5.54. The highest BCUT2D eigenvalue weighted by molar-refractivity contribution is 7.92. The van der Waals surface area contributed by atoms with E-state index in [-0.39, 0.29) is 4.90 Å². The highest BCUT2D eigenvalue weighted by Crippen LogP contribution is 2.35. The number of hydrogen-bond acceptors (Lipinski definition) is 5. The number of fused-ring (bicyclic) bond motifs is 1. The van der Waals surface area contributed by atoms with Crippen LogP contribution in [0.2, 0.25) is 0 Å². The first-order valence-corrected chi connectivity index (χ1v) is 14.6. The predicted molar refractivity (Wildman–Crippen MR) is 151 cm³/mol. The van der Waals surface area contributed by atoms with Gasteiger partial charge in [-0.25, -0.2) is 8.42 Å². The van der Waals surface area contributed by atoms with Crippen LogP contribution in [0.3, 0.4) is 0 Å². The molecule has 0 bridgehead atoms. The Morgan fingerprint density at radius 3 is 2.57 bits per heavy atom. The molecule has 37 heavy (non-hydrogen) atoms. The molecule has 194 valence electrons. The first-order chi connectivity index (χ1) is 18.0. The number of nitrogens with zero attached hydrogens (tertiary/aromatic N) is 2. The van der Waals surface area contributed by atoms with Gasteiger partial charge in [0.05, 0.1) is 16.3 Å². The number of aryl methyl sites for hydroxylation is 2. The Bertz CT molecular complexity index is 1460. The lowest BCUT2D eigenvalue weighted by Gasteiger charge is -2.31. The van der Waals surface area contributed by atoms with Gasteiger partial charge >= 0.3 is 0 Å². The Balaban J connectivity index is 1.59. The minimum Gasteiger partial charge on any atom is -0.461 e. The summed E-state index contributed by atoms with van der Waals surface area (Å²) < 4.78 is 36.3. The number of anilines is 2. The van der Waals surface area contributed by atoms with Crippen molar-refractivity contribution in [1.82, 2.24) is 5.32 Å². The van der Waals surface area contributed by atoms with E-state index in [1.54, 1.807) is 22.5 Å². The molecule has 1 fully saturated rings. The molecule has 7 heteroatoms. The van der Waals surface area contributed by atoms with E-state index in [2.05, 4.69) is 10.2 Å². The molecule has 0 saturated carbocycles. The zero-order valence-electron chi connectivity index (χ0n) is 21.6. The third-order valence-corrected chi connectivity index (χ3v) is 9.00. The largest absolute Gasteiger partial charge is 0.461 e. The van der Waals surface area contributed by atoms with E-state index in [9.17, 15) is 8.42 Å². The molecule has 0 amide bonds. The average Bonchev–Trinajstić information content (AvgIpc) is 3.07. The fraction of sp³-hybridized carbons (Fsp3) is 0.333. The third kappa shape index (κ3) is 5.24. The van der Waals surface area contributed by atoms with Crippen LogP contribution in [0.15, 0.2) is 82.1 Å². The van der Waals surface area contributed by atoms with E-state index in [0.717, 1.165) is 78.3 Å². The summed E-state index contributed by atoms with van der Waals surface area (Å²) in [5.41, 5.74) is 4.51. The van der Waals surface area contributed by atoms with Gasteiger partial charge in [0.2, 0.25) is 0 Å². The lowest BCUT2D eigenvalue weighted by Crippen LogP contribution is -2.36. The maximum absolute atomic E-state index is 14.4. The molecule has 0 atom stereocenters. The first kappa shape index (κ1) is 25.4. The molecule has 1 aromatic heterocycles. The molecule has 4 aromatic rings. The van der Waals surface area contributed by atoms with Gasteiger partial charge in [0.15, 0.2) is 0 Å². The second kappa shape index (κ2) is 11.0. The Labute approximate surface area is 219 Å². The normalized spacial score (nSPS) is 14.6. The average molecular weight is 518 g/mol. The summed E-state index contributed by atoms with van der Waals surface area (Å²) in [5.74, 6) is 0.894. The van der Waals surface area contributed by atoms with Gasteiger partial charge in [0.1, 0.15) is 11.3 Å². The summed E-state index contributed by atoms with van der Waals surface area (Å²) in [7, 11) is -3.85. The highest BCUT2D eigenvalue weighted by atomic mass is 32.2. The second-order valence-electron chi connectivity index (χ2n) is 9.55. The minimum absolute atomic E-state index is 0.284. The van der Waals surface area contributed by atoms with Crippen LogP contribution in [0.25, 0.3) is 11.0 Å². The molecule has 1 N–H and O–H groups in total. The fourth-order valence-corrected chi connectivity index (χ4v) is 6.66. The van der Waals surface area contributed by atoms with Gasteiger partial charge in [0.25, 0.3) is 10.0 Å². The van der Waals surface area contributed by atoms with Crippen LogP contribution in [0.1, 0.15) is 30.2 Å². The third-order valence-electron chi connectivity index (χ3n) is 7.19. The molecule has 1 aliphatic rings. The van der Waals surface area contributed by atoms with Gasteiger partial charge in [-0.05, 0) is 67.8 Å².